The smallest absolute Gasteiger partial charge is 0.273 e. The number of carbonyl (C=O) groups excluding carboxylic acids is 1. The van der Waals surface area contributed by atoms with E-state index in [0.29, 0.717) is 27.6 Å². The van der Waals surface area contributed by atoms with Gasteiger partial charge in [0.2, 0.25) is 5.91 Å². The van der Waals surface area contributed by atoms with Crippen molar-refractivity contribution in [2.45, 2.75) is 32.5 Å². The summed E-state index contributed by atoms with van der Waals surface area (Å²) in [6.45, 7) is 6.39. The average Bonchev–Trinajstić information content (AvgIpc) is 3.19. The standard InChI is InChI=1S/C23H22N4O2S2/c1-4-27-22(29)21-20(19(26-31-21)16-9-5-14(2)6-10-16)25-23(27)30-13-18(28)24-17-11-7-15(3)8-12-17/h5-12H,4,13H2,1-3H3,(H,24,28). The fourth-order valence-corrected chi connectivity index (χ4v) is 4.80. The van der Waals surface area contributed by atoms with Crippen molar-refractivity contribution in [2.24, 2.45) is 0 Å². The van der Waals surface area contributed by atoms with Crippen molar-refractivity contribution in [2.75, 3.05) is 11.1 Å². The number of hydrogen-bond donors (Lipinski definition) is 1. The zero-order valence-electron chi connectivity index (χ0n) is 17.5. The highest BCUT2D eigenvalue weighted by Crippen LogP contribution is 2.29. The number of carbonyl (C=O) groups is 1. The minimum Gasteiger partial charge on any atom is -0.325 e. The van der Waals surface area contributed by atoms with Crippen LogP contribution in [0.2, 0.25) is 0 Å². The number of nitrogens with zero attached hydrogens (tertiary/aromatic N) is 3. The first kappa shape index (κ1) is 21.3. The maximum Gasteiger partial charge on any atom is 0.273 e. The van der Waals surface area contributed by atoms with Gasteiger partial charge >= 0.3 is 0 Å². The van der Waals surface area contributed by atoms with E-state index in [0.717, 1.165) is 22.4 Å². The van der Waals surface area contributed by atoms with Gasteiger partial charge in [0, 0.05) is 17.8 Å². The largest absolute Gasteiger partial charge is 0.325 e. The van der Waals surface area contributed by atoms with Gasteiger partial charge in [-0.15, -0.1) is 0 Å². The third-order valence-corrected chi connectivity index (χ3v) is 6.66. The van der Waals surface area contributed by atoms with E-state index in [2.05, 4.69) is 9.69 Å². The predicted octanol–water partition coefficient (Wildman–Crippen LogP) is 4.89. The van der Waals surface area contributed by atoms with E-state index in [-0.39, 0.29) is 17.2 Å². The number of amides is 1. The molecule has 0 saturated heterocycles. The molecular formula is C23H22N4O2S2. The molecule has 2 heterocycles. The monoisotopic (exact) mass is 450 g/mol. The van der Waals surface area contributed by atoms with Gasteiger partial charge in [-0.3, -0.25) is 14.2 Å². The molecule has 0 aliphatic heterocycles. The number of benzene rings is 2. The predicted molar refractivity (Wildman–Crippen MR) is 128 cm³/mol. The van der Waals surface area contributed by atoms with Crippen LogP contribution in [0, 0.1) is 13.8 Å². The minimum atomic E-state index is -0.145. The third-order valence-electron chi connectivity index (χ3n) is 4.85. The molecule has 0 saturated carbocycles. The van der Waals surface area contributed by atoms with Crippen molar-refractivity contribution in [1.29, 1.82) is 0 Å². The molecule has 0 atom stereocenters. The van der Waals surface area contributed by atoms with E-state index >= 15 is 0 Å². The van der Waals surface area contributed by atoms with Crippen LogP contribution in [-0.4, -0.2) is 25.6 Å². The SMILES string of the molecule is CCn1c(SCC(=O)Nc2ccc(C)cc2)nc2c(-c3ccc(C)cc3)nsc2c1=O. The van der Waals surface area contributed by atoms with Gasteiger partial charge in [0.1, 0.15) is 15.9 Å². The molecule has 0 radical (unpaired) electrons. The highest BCUT2D eigenvalue weighted by molar-refractivity contribution is 7.99. The first-order chi connectivity index (χ1) is 15.0. The summed E-state index contributed by atoms with van der Waals surface area (Å²) < 4.78 is 6.64. The van der Waals surface area contributed by atoms with Gasteiger partial charge in [0.05, 0.1) is 5.75 Å². The summed E-state index contributed by atoms with van der Waals surface area (Å²) in [6.07, 6.45) is 0. The van der Waals surface area contributed by atoms with Crippen LogP contribution in [0.4, 0.5) is 5.69 Å². The summed E-state index contributed by atoms with van der Waals surface area (Å²) in [5.74, 6) is 0.0107. The third kappa shape index (κ3) is 4.55. The highest BCUT2D eigenvalue weighted by atomic mass is 32.2. The lowest BCUT2D eigenvalue weighted by molar-refractivity contribution is -0.113. The van der Waals surface area contributed by atoms with Gasteiger partial charge < -0.3 is 5.32 Å². The van der Waals surface area contributed by atoms with Crippen molar-refractivity contribution in [3.63, 3.8) is 0 Å². The summed E-state index contributed by atoms with van der Waals surface area (Å²) in [4.78, 5) is 30.2. The van der Waals surface area contributed by atoms with Gasteiger partial charge in [-0.1, -0.05) is 59.3 Å². The Bertz CT molecular complexity index is 1290. The van der Waals surface area contributed by atoms with Gasteiger partial charge in [0.25, 0.3) is 5.56 Å². The van der Waals surface area contributed by atoms with Crippen LogP contribution >= 0.6 is 23.3 Å². The fraction of sp³-hybridized carbons (Fsp3) is 0.217. The Labute approximate surface area is 188 Å². The molecule has 158 valence electrons. The van der Waals surface area contributed by atoms with E-state index in [9.17, 15) is 9.59 Å². The van der Waals surface area contributed by atoms with Crippen molar-refractivity contribution in [3.05, 3.63) is 70.0 Å². The summed E-state index contributed by atoms with van der Waals surface area (Å²) >= 11 is 2.43. The van der Waals surface area contributed by atoms with Gasteiger partial charge in [-0.05, 0) is 44.4 Å². The molecule has 0 unspecified atom stereocenters. The normalized spacial score (nSPS) is 11.1. The zero-order valence-corrected chi connectivity index (χ0v) is 19.1. The van der Waals surface area contributed by atoms with Crippen LogP contribution < -0.4 is 10.9 Å². The quantitative estimate of drug-likeness (QED) is 0.334. The number of anilines is 1. The molecule has 2 aromatic heterocycles. The summed E-state index contributed by atoms with van der Waals surface area (Å²) in [5, 5.41) is 3.40. The van der Waals surface area contributed by atoms with E-state index < -0.39 is 0 Å². The van der Waals surface area contributed by atoms with Crippen LogP contribution in [0.25, 0.3) is 21.5 Å². The molecule has 6 nitrogen and oxygen atoms in total. The Kier molecular flexibility index (Phi) is 6.20. The number of rotatable bonds is 6. The Balaban J connectivity index is 1.62. The molecule has 0 fully saturated rings. The van der Waals surface area contributed by atoms with E-state index in [1.165, 1.54) is 23.3 Å². The number of nitrogens with one attached hydrogen (secondary N) is 1. The topological polar surface area (TPSA) is 76.9 Å². The number of aromatic nitrogens is 3. The van der Waals surface area contributed by atoms with Crippen LogP contribution in [0.15, 0.2) is 58.5 Å². The Morgan fingerprint density at radius 3 is 2.35 bits per heavy atom. The first-order valence-corrected chi connectivity index (χ1v) is 11.7. The van der Waals surface area contributed by atoms with E-state index in [1.807, 2.05) is 69.3 Å². The van der Waals surface area contributed by atoms with Gasteiger partial charge in [-0.25, -0.2) is 4.98 Å². The molecule has 0 aliphatic rings. The lowest BCUT2D eigenvalue weighted by atomic mass is 10.1. The van der Waals surface area contributed by atoms with Crippen LogP contribution in [0.3, 0.4) is 0 Å². The van der Waals surface area contributed by atoms with E-state index in [1.54, 1.807) is 4.57 Å². The number of fused-ring (bicyclic) bond motifs is 1. The van der Waals surface area contributed by atoms with Crippen molar-refractivity contribution < 1.29 is 4.79 Å². The second kappa shape index (κ2) is 9.03. The minimum absolute atomic E-state index is 0.121. The van der Waals surface area contributed by atoms with Crippen LogP contribution in [0.5, 0.6) is 0 Å². The summed E-state index contributed by atoms with van der Waals surface area (Å²) in [7, 11) is 0. The maximum atomic E-state index is 13.0. The van der Waals surface area contributed by atoms with Crippen molar-refractivity contribution in [3.8, 4) is 11.3 Å². The second-order valence-corrected chi connectivity index (χ2v) is 8.94. The summed E-state index contributed by atoms with van der Waals surface area (Å²) in [6, 6.07) is 15.6. The summed E-state index contributed by atoms with van der Waals surface area (Å²) in [5.41, 5.74) is 5.12. The van der Waals surface area contributed by atoms with Gasteiger partial charge in [-0.2, -0.15) is 4.37 Å². The molecule has 8 heteroatoms. The molecule has 1 N–H and O–H groups in total. The van der Waals surface area contributed by atoms with Crippen LogP contribution in [-0.2, 0) is 11.3 Å². The van der Waals surface area contributed by atoms with Crippen molar-refractivity contribution in [1.82, 2.24) is 13.9 Å². The molecule has 31 heavy (non-hydrogen) atoms. The molecule has 0 spiro atoms. The number of thioether (sulfide) groups is 1. The molecule has 1 amide bonds. The van der Waals surface area contributed by atoms with Crippen LogP contribution in [0.1, 0.15) is 18.1 Å². The number of aryl methyl sites for hydroxylation is 2. The first-order valence-electron chi connectivity index (χ1n) is 9.93. The second-order valence-electron chi connectivity index (χ2n) is 7.22. The molecule has 0 aliphatic carbocycles. The van der Waals surface area contributed by atoms with E-state index in [4.69, 9.17) is 4.98 Å². The average molecular weight is 451 g/mol. The Morgan fingerprint density at radius 2 is 1.71 bits per heavy atom. The number of hydrogen-bond acceptors (Lipinski definition) is 6. The lowest BCUT2D eigenvalue weighted by Crippen LogP contribution is -2.22. The van der Waals surface area contributed by atoms with Gasteiger partial charge in [0.15, 0.2) is 5.16 Å². The Hall–Kier alpha value is -2.97. The lowest BCUT2D eigenvalue weighted by Gasteiger charge is -2.10. The molecule has 4 aromatic rings. The molecule has 0 bridgehead atoms. The molecular weight excluding hydrogens is 428 g/mol. The maximum absolute atomic E-state index is 13.0. The Morgan fingerprint density at radius 1 is 1.06 bits per heavy atom. The fourth-order valence-electron chi connectivity index (χ4n) is 3.15. The molecule has 2 aromatic carbocycles. The zero-order chi connectivity index (χ0) is 22.0. The highest BCUT2D eigenvalue weighted by Gasteiger charge is 2.18. The van der Waals surface area contributed by atoms with Crippen molar-refractivity contribution >= 4 is 45.1 Å². The molecule has 4 rings (SSSR count).